The fourth-order valence-corrected chi connectivity index (χ4v) is 1.74. The van der Waals surface area contributed by atoms with E-state index in [-0.39, 0.29) is 30.9 Å². The first kappa shape index (κ1) is 17.0. The van der Waals surface area contributed by atoms with E-state index in [0.29, 0.717) is 0 Å². The maximum absolute atomic E-state index is 11.8. The molecule has 0 bridgehead atoms. The van der Waals surface area contributed by atoms with Crippen LogP contribution in [-0.2, 0) is 16.1 Å². The van der Waals surface area contributed by atoms with E-state index in [0.717, 1.165) is 5.56 Å². The fourth-order valence-electron chi connectivity index (χ4n) is 1.74. The lowest BCUT2D eigenvalue weighted by Crippen LogP contribution is -2.42. The topological polar surface area (TPSA) is 58.6 Å². The van der Waals surface area contributed by atoms with Crippen LogP contribution in [0.5, 0.6) is 0 Å². The molecule has 0 fully saturated rings. The third-order valence-corrected chi connectivity index (χ3v) is 3.21. The molecule has 5 heteroatoms. The zero-order chi connectivity index (χ0) is 15.8. The van der Waals surface area contributed by atoms with Crippen LogP contribution in [0, 0.1) is 5.92 Å². The molecule has 1 rings (SSSR count). The summed E-state index contributed by atoms with van der Waals surface area (Å²) in [5.74, 6) is 0.134. The van der Waals surface area contributed by atoms with Crippen LogP contribution in [0.15, 0.2) is 30.3 Å². The molecule has 21 heavy (non-hydrogen) atoms. The van der Waals surface area contributed by atoms with Crippen LogP contribution in [0.3, 0.4) is 0 Å². The first-order valence-electron chi connectivity index (χ1n) is 7.07. The summed E-state index contributed by atoms with van der Waals surface area (Å²) in [7, 11) is 3.40. The van der Waals surface area contributed by atoms with Gasteiger partial charge in [-0.05, 0) is 11.5 Å². The number of benzene rings is 1. The van der Waals surface area contributed by atoms with Crippen LogP contribution in [0.1, 0.15) is 25.8 Å². The molecular weight excluding hydrogens is 268 g/mol. The molecule has 0 aromatic heterocycles. The normalized spacial score (nSPS) is 11.9. The predicted molar refractivity (Wildman–Crippen MR) is 81.7 cm³/mol. The minimum Gasteiger partial charge on any atom is -0.445 e. The largest absolute Gasteiger partial charge is 0.445 e. The Bertz CT molecular complexity index is 458. The summed E-state index contributed by atoms with van der Waals surface area (Å²) in [5.41, 5.74) is 0.929. The van der Waals surface area contributed by atoms with Crippen molar-refractivity contribution in [2.45, 2.75) is 32.9 Å². The Balaban J connectivity index is 2.47. The van der Waals surface area contributed by atoms with Crippen molar-refractivity contribution in [3.05, 3.63) is 35.9 Å². The van der Waals surface area contributed by atoms with Crippen molar-refractivity contribution in [3.63, 3.8) is 0 Å². The Labute approximate surface area is 126 Å². The lowest BCUT2D eigenvalue weighted by molar-refractivity contribution is -0.129. The molecule has 0 aliphatic heterocycles. The minimum absolute atomic E-state index is 0.0166. The number of hydrogen-bond acceptors (Lipinski definition) is 3. The molecular formula is C16H24N2O3. The van der Waals surface area contributed by atoms with Crippen LogP contribution in [0.4, 0.5) is 4.79 Å². The number of nitrogens with one attached hydrogen (secondary N) is 1. The second-order valence-corrected chi connectivity index (χ2v) is 5.55. The number of hydrogen-bond donors (Lipinski definition) is 1. The highest BCUT2D eigenvalue weighted by molar-refractivity contribution is 5.77. The molecule has 0 radical (unpaired) electrons. The lowest BCUT2D eigenvalue weighted by Gasteiger charge is -2.23. The molecule has 0 spiro atoms. The van der Waals surface area contributed by atoms with Gasteiger partial charge in [-0.2, -0.15) is 0 Å². The van der Waals surface area contributed by atoms with Crippen molar-refractivity contribution in [1.29, 1.82) is 0 Å². The van der Waals surface area contributed by atoms with Gasteiger partial charge < -0.3 is 15.0 Å². The molecule has 1 unspecified atom stereocenters. The Morgan fingerprint density at radius 2 is 1.81 bits per heavy atom. The minimum atomic E-state index is -0.496. The maximum atomic E-state index is 11.8. The van der Waals surface area contributed by atoms with Gasteiger partial charge in [0.1, 0.15) is 6.61 Å². The van der Waals surface area contributed by atoms with E-state index in [1.54, 1.807) is 14.1 Å². The van der Waals surface area contributed by atoms with Crippen LogP contribution < -0.4 is 5.32 Å². The van der Waals surface area contributed by atoms with E-state index in [1.165, 1.54) is 4.90 Å². The lowest BCUT2D eigenvalue weighted by atomic mass is 10.0. The maximum Gasteiger partial charge on any atom is 0.407 e. The third-order valence-electron chi connectivity index (χ3n) is 3.21. The molecule has 0 saturated carbocycles. The Hall–Kier alpha value is -2.04. The van der Waals surface area contributed by atoms with Crippen LogP contribution in [-0.4, -0.2) is 37.0 Å². The van der Waals surface area contributed by atoms with Crippen molar-refractivity contribution < 1.29 is 14.3 Å². The van der Waals surface area contributed by atoms with Crippen molar-refractivity contribution in [1.82, 2.24) is 10.2 Å². The van der Waals surface area contributed by atoms with Gasteiger partial charge in [0.05, 0.1) is 0 Å². The van der Waals surface area contributed by atoms with Gasteiger partial charge in [0.2, 0.25) is 5.91 Å². The molecule has 1 aromatic rings. The first-order valence-corrected chi connectivity index (χ1v) is 7.07. The highest BCUT2D eigenvalue weighted by Crippen LogP contribution is 2.08. The molecule has 2 amide bonds. The van der Waals surface area contributed by atoms with E-state index in [9.17, 15) is 9.59 Å². The van der Waals surface area contributed by atoms with Gasteiger partial charge in [-0.3, -0.25) is 4.79 Å². The van der Waals surface area contributed by atoms with Gasteiger partial charge in [0, 0.05) is 26.6 Å². The standard InChI is InChI=1S/C16H24N2O3/c1-12(2)14(10-15(19)18(3)4)17-16(20)21-11-13-8-6-5-7-9-13/h5-9,12,14H,10-11H2,1-4H3,(H,17,20). The zero-order valence-electron chi connectivity index (χ0n) is 13.1. The molecule has 0 saturated heterocycles. The second-order valence-electron chi connectivity index (χ2n) is 5.55. The number of carbonyl (C=O) groups excluding carboxylic acids is 2. The molecule has 0 heterocycles. The van der Waals surface area contributed by atoms with Crippen molar-refractivity contribution in [2.75, 3.05) is 14.1 Å². The number of rotatable bonds is 6. The number of nitrogens with zero attached hydrogens (tertiary/aromatic N) is 1. The molecule has 116 valence electrons. The average Bonchev–Trinajstić information content (AvgIpc) is 2.45. The Morgan fingerprint density at radius 3 is 2.33 bits per heavy atom. The predicted octanol–water partition coefficient (Wildman–Crippen LogP) is 2.42. The molecule has 5 nitrogen and oxygen atoms in total. The summed E-state index contributed by atoms with van der Waals surface area (Å²) in [4.78, 5) is 25.1. The first-order chi connectivity index (χ1) is 9.90. The highest BCUT2D eigenvalue weighted by atomic mass is 16.5. The molecule has 0 aliphatic carbocycles. The average molecular weight is 292 g/mol. The SMILES string of the molecule is CC(C)C(CC(=O)N(C)C)NC(=O)OCc1ccccc1. The summed E-state index contributed by atoms with van der Waals surface area (Å²) in [6, 6.07) is 9.24. The summed E-state index contributed by atoms with van der Waals surface area (Å²) < 4.78 is 5.18. The van der Waals surface area contributed by atoms with Gasteiger partial charge >= 0.3 is 6.09 Å². The highest BCUT2D eigenvalue weighted by Gasteiger charge is 2.21. The van der Waals surface area contributed by atoms with Gasteiger partial charge in [-0.15, -0.1) is 0 Å². The molecule has 1 N–H and O–H groups in total. The van der Waals surface area contributed by atoms with Crippen molar-refractivity contribution >= 4 is 12.0 Å². The van der Waals surface area contributed by atoms with Crippen LogP contribution in [0.25, 0.3) is 0 Å². The second kappa shape index (κ2) is 8.29. The third kappa shape index (κ3) is 6.29. The fraction of sp³-hybridized carbons (Fsp3) is 0.500. The van der Waals surface area contributed by atoms with E-state index >= 15 is 0 Å². The summed E-state index contributed by atoms with van der Waals surface area (Å²) >= 11 is 0. The number of amides is 2. The summed E-state index contributed by atoms with van der Waals surface area (Å²) in [5, 5.41) is 2.76. The zero-order valence-corrected chi connectivity index (χ0v) is 13.1. The Morgan fingerprint density at radius 1 is 1.19 bits per heavy atom. The van der Waals surface area contributed by atoms with E-state index in [2.05, 4.69) is 5.32 Å². The quantitative estimate of drug-likeness (QED) is 0.876. The van der Waals surface area contributed by atoms with Gasteiger partial charge in [0.15, 0.2) is 0 Å². The monoisotopic (exact) mass is 292 g/mol. The summed E-state index contributed by atoms with van der Waals surface area (Å²) in [6.07, 6.45) is -0.227. The van der Waals surface area contributed by atoms with Gasteiger partial charge in [-0.25, -0.2) is 4.79 Å². The van der Waals surface area contributed by atoms with E-state index in [4.69, 9.17) is 4.74 Å². The Kier molecular flexibility index (Phi) is 6.72. The van der Waals surface area contributed by atoms with Gasteiger partial charge in [-0.1, -0.05) is 44.2 Å². The van der Waals surface area contributed by atoms with Crippen molar-refractivity contribution in [3.8, 4) is 0 Å². The molecule has 1 aromatic carbocycles. The summed E-state index contributed by atoms with van der Waals surface area (Å²) in [6.45, 7) is 4.15. The number of alkyl carbamates (subject to hydrolysis) is 1. The van der Waals surface area contributed by atoms with Gasteiger partial charge in [0.25, 0.3) is 0 Å². The van der Waals surface area contributed by atoms with E-state index in [1.807, 2.05) is 44.2 Å². The number of ether oxygens (including phenoxy) is 1. The van der Waals surface area contributed by atoms with E-state index < -0.39 is 6.09 Å². The number of carbonyl (C=O) groups is 2. The smallest absolute Gasteiger partial charge is 0.407 e. The molecule has 0 aliphatic rings. The van der Waals surface area contributed by atoms with Crippen LogP contribution in [0.2, 0.25) is 0 Å². The van der Waals surface area contributed by atoms with Crippen LogP contribution >= 0.6 is 0 Å². The van der Waals surface area contributed by atoms with Crippen molar-refractivity contribution in [2.24, 2.45) is 5.92 Å². The molecule has 1 atom stereocenters.